The number of nitrogens with zero attached hydrogens (tertiary/aromatic N) is 2. The number of hydrogen-bond donors (Lipinski definition) is 4. The Morgan fingerprint density at radius 2 is 1.61 bits per heavy atom. The molecule has 4 N–H and O–H groups in total. The predicted molar refractivity (Wildman–Crippen MR) is 190 cm³/mol. The van der Waals surface area contributed by atoms with E-state index in [-0.39, 0.29) is 50.1 Å². The highest BCUT2D eigenvalue weighted by atomic mass is 19.1. The van der Waals surface area contributed by atoms with E-state index in [2.05, 4.69) is 16.0 Å². The van der Waals surface area contributed by atoms with Gasteiger partial charge in [-0.25, -0.2) is 14.0 Å². The number of ether oxygens (including phenoxy) is 4. The van der Waals surface area contributed by atoms with Crippen LogP contribution >= 0.6 is 0 Å². The lowest BCUT2D eigenvalue weighted by Crippen LogP contribution is -2.48. The molecule has 0 unspecified atom stereocenters. The molecule has 5 rings (SSSR count). The fourth-order valence-corrected chi connectivity index (χ4v) is 5.84. The molecule has 0 fully saturated rings. The maximum absolute atomic E-state index is 14.4. The Morgan fingerprint density at radius 3 is 2.35 bits per heavy atom. The van der Waals surface area contributed by atoms with Crippen molar-refractivity contribution >= 4 is 35.0 Å². The largest absolute Gasteiger partial charge is 0.490 e. The molecule has 0 saturated carbocycles. The topological polar surface area (TPSA) is 151 Å². The number of halogens is 1. The van der Waals surface area contributed by atoms with Gasteiger partial charge in [0, 0.05) is 55.8 Å². The van der Waals surface area contributed by atoms with E-state index >= 15 is 0 Å². The zero-order chi connectivity index (χ0) is 36.5. The van der Waals surface area contributed by atoms with E-state index in [1.165, 1.54) is 29.2 Å². The van der Waals surface area contributed by atoms with Gasteiger partial charge in [0.1, 0.15) is 11.6 Å². The molecule has 4 atom stereocenters. The average Bonchev–Trinajstić information content (AvgIpc) is 3.58. The molecule has 3 aromatic rings. The van der Waals surface area contributed by atoms with Crippen molar-refractivity contribution in [2.24, 2.45) is 5.92 Å². The third kappa shape index (κ3) is 10.0. The number of likely N-dealkylation sites (N-methyl/N-ethyl adjacent to an activating group) is 1. The lowest BCUT2D eigenvalue weighted by atomic mass is 10.0. The SMILES string of the molecule is C[C@@H]1CCCCO[C@@H](CN(C)C(=O)Nc2ccc3c(c2)OCO3)[C@H](C)CN([C@H](C)CO)C(=O)c2cc(NC(=O)Nc3ccc(F)cc3)ccc2O1. The molecular formula is C37H46FN5O8. The van der Waals surface area contributed by atoms with Gasteiger partial charge in [-0.15, -0.1) is 0 Å². The van der Waals surface area contributed by atoms with Crippen LogP contribution in [0.1, 0.15) is 50.4 Å². The number of amides is 5. The van der Waals surface area contributed by atoms with Gasteiger partial charge in [0.2, 0.25) is 6.79 Å². The van der Waals surface area contributed by atoms with Gasteiger partial charge in [-0.2, -0.15) is 0 Å². The molecule has 0 bridgehead atoms. The van der Waals surface area contributed by atoms with Crippen LogP contribution in [0.3, 0.4) is 0 Å². The van der Waals surface area contributed by atoms with Gasteiger partial charge in [0.25, 0.3) is 5.91 Å². The minimum Gasteiger partial charge on any atom is -0.490 e. The average molecular weight is 708 g/mol. The van der Waals surface area contributed by atoms with Crippen LogP contribution in [0.15, 0.2) is 60.7 Å². The molecule has 0 aromatic heterocycles. The Kier molecular flexibility index (Phi) is 12.6. The molecule has 0 saturated heterocycles. The first kappa shape index (κ1) is 37.2. The number of urea groups is 2. The summed E-state index contributed by atoms with van der Waals surface area (Å²) in [6.07, 6.45) is 1.59. The van der Waals surface area contributed by atoms with Crippen LogP contribution in [0.2, 0.25) is 0 Å². The molecule has 2 aliphatic rings. The number of nitrogens with one attached hydrogen (secondary N) is 3. The number of aliphatic hydroxyl groups excluding tert-OH is 1. The first-order valence-corrected chi connectivity index (χ1v) is 17.1. The second-order valence-electron chi connectivity index (χ2n) is 13.0. The lowest BCUT2D eigenvalue weighted by molar-refractivity contribution is -0.0115. The Balaban J connectivity index is 1.34. The van der Waals surface area contributed by atoms with Crippen molar-refractivity contribution in [3.8, 4) is 17.2 Å². The first-order chi connectivity index (χ1) is 24.5. The quantitative estimate of drug-likeness (QED) is 0.228. The van der Waals surface area contributed by atoms with E-state index in [9.17, 15) is 23.9 Å². The molecule has 0 spiro atoms. The number of anilines is 3. The van der Waals surface area contributed by atoms with Gasteiger partial charge in [-0.3, -0.25) is 4.79 Å². The summed E-state index contributed by atoms with van der Waals surface area (Å²) in [7, 11) is 1.68. The molecule has 3 aromatic carbocycles. The summed E-state index contributed by atoms with van der Waals surface area (Å²) in [6.45, 7) is 6.33. The number of fused-ring (bicyclic) bond motifs is 2. The first-order valence-electron chi connectivity index (χ1n) is 17.1. The van der Waals surface area contributed by atoms with Crippen molar-refractivity contribution in [1.82, 2.24) is 9.80 Å². The Labute approximate surface area is 297 Å². The fourth-order valence-electron chi connectivity index (χ4n) is 5.84. The summed E-state index contributed by atoms with van der Waals surface area (Å²) in [5.74, 6) is 0.422. The molecule has 14 heteroatoms. The third-order valence-electron chi connectivity index (χ3n) is 8.84. The summed E-state index contributed by atoms with van der Waals surface area (Å²) in [5.41, 5.74) is 1.50. The van der Waals surface area contributed by atoms with E-state index in [1.54, 1.807) is 55.3 Å². The van der Waals surface area contributed by atoms with E-state index in [1.807, 2.05) is 13.8 Å². The normalized spacial score (nSPS) is 19.9. The minimum atomic E-state index is -0.579. The summed E-state index contributed by atoms with van der Waals surface area (Å²) in [6, 6.07) is 13.9. The Bertz CT molecular complexity index is 1680. The van der Waals surface area contributed by atoms with Gasteiger partial charge >= 0.3 is 12.1 Å². The summed E-state index contributed by atoms with van der Waals surface area (Å²) in [5, 5.41) is 18.5. The zero-order valence-electron chi connectivity index (χ0n) is 29.3. The van der Waals surface area contributed by atoms with Gasteiger partial charge in [-0.05, 0) is 87.7 Å². The number of hydrogen-bond acceptors (Lipinski definition) is 8. The highest BCUT2D eigenvalue weighted by Gasteiger charge is 2.31. The third-order valence-corrected chi connectivity index (χ3v) is 8.84. The smallest absolute Gasteiger partial charge is 0.323 e. The molecule has 274 valence electrons. The number of benzene rings is 3. The van der Waals surface area contributed by atoms with E-state index < -0.39 is 29.9 Å². The highest BCUT2D eigenvalue weighted by molar-refractivity contribution is 6.02. The molecular weight excluding hydrogens is 661 g/mol. The monoisotopic (exact) mass is 707 g/mol. The Hall–Kier alpha value is -5.08. The zero-order valence-corrected chi connectivity index (χ0v) is 29.3. The molecule has 0 aliphatic carbocycles. The lowest BCUT2D eigenvalue weighted by Gasteiger charge is -2.35. The van der Waals surface area contributed by atoms with E-state index in [0.29, 0.717) is 47.3 Å². The minimum absolute atomic E-state index is 0.129. The molecule has 0 radical (unpaired) electrons. The van der Waals surface area contributed by atoms with Crippen molar-refractivity contribution in [3.05, 3.63) is 72.0 Å². The van der Waals surface area contributed by atoms with Gasteiger partial charge < -0.3 is 49.8 Å². The molecule has 51 heavy (non-hydrogen) atoms. The number of aliphatic hydroxyl groups is 1. The molecule has 2 heterocycles. The van der Waals surface area contributed by atoms with Crippen molar-refractivity contribution in [2.75, 3.05) is 56.1 Å². The van der Waals surface area contributed by atoms with Crippen LogP contribution in [0.5, 0.6) is 17.2 Å². The van der Waals surface area contributed by atoms with E-state index in [4.69, 9.17) is 18.9 Å². The number of rotatable bonds is 7. The molecule has 13 nitrogen and oxygen atoms in total. The Morgan fingerprint density at radius 1 is 0.941 bits per heavy atom. The molecule has 5 amide bonds. The van der Waals surface area contributed by atoms with Crippen LogP contribution in [0, 0.1) is 11.7 Å². The summed E-state index contributed by atoms with van der Waals surface area (Å²) >= 11 is 0. The number of carbonyl (C=O) groups excluding carboxylic acids is 3. The van der Waals surface area contributed by atoms with Gasteiger partial charge in [-0.1, -0.05) is 6.92 Å². The van der Waals surface area contributed by atoms with Crippen LogP contribution in [0.4, 0.5) is 31.0 Å². The summed E-state index contributed by atoms with van der Waals surface area (Å²) in [4.78, 5) is 43.5. The van der Waals surface area contributed by atoms with Crippen molar-refractivity contribution < 1.29 is 42.8 Å². The van der Waals surface area contributed by atoms with Crippen LogP contribution < -0.4 is 30.2 Å². The van der Waals surface area contributed by atoms with Crippen molar-refractivity contribution in [2.45, 2.75) is 58.3 Å². The second kappa shape index (κ2) is 17.2. The highest BCUT2D eigenvalue weighted by Crippen LogP contribution is 2.34. The van der Waals surface area contributed by atoms with Gasteiger partial charge in [0.15, 0.2) is 11.5 Å². The van der Waals surface area contributed by atoms with Crippen LogP contribution in [-0.2, 0) is 4.74 Å². The number of carbonyl (C=O) groups is 3. The van der Waals surface area contributed by atoms with Crippen molar-refractivity contribution in [3.63, 3.8) is 0 Å². The maximum atomic E-state index is 14.4. The fraction of sp³-hybridized carbons (Fsp3) is 0.432. The van der Waals surface area contributed by atoms with Crippen LogP contribution in [0.25, 0.3) is 0 Å². The maximum Gasteiger partial charge on any atom is 0.323 e. The second-order valence-corrected chi connectivity index (χ2v) is 13.0. The van der Waals surface area contributed by atoms with E-state index in [0.717, 1.165) is 12.8 Å². The van der Waals surface area contributed by atoms with Crippen LogP contribution in [-0.4, -0.2) is 91.3 Å². The standard InChI is InChI=1S/C37H46FN5O8/c1-23-19-43(24(2)21-44)35(45)30-17-28(40-36(46)39-27-10-8-26(38)9-11-27)12-14-31(30)51-25(3)7-5-6-16-48-34(23)20-42(4)37(47)41-29-13-15-32-33(18-29)50-22-49-32/h8-15,17-18,23-25,34,44H,5-7,16,19-22H2,1-4H3,(H,41,47)(H2,39,40,46)/t23-,24-,25-,34+/m1/s1. The van der Waals surface area contributed by atoms with Gasteiger partial charge in [0.05, 0.1) is 30.4 Å². The molecule has 2 aliphatic heterocycles. The summed E-state index contributed by atoms with van der Waals surface area (Å²) < 4.78 is 36.8. The van der Waals surface area contributed by atoms with Crippen molar-refractivity contribution in [1.29, 1.82) is 0 Å². The predicted octanol–water partition coefficient (Wildman–Crippen LogP) is 6.16.